The molecule has 0 aliphatic carbocycles. The van der Waals surface area contributed by atoms with Gasteiger partial charge in [0.15, 0.2) is 11.5 Å². The number of aromatic nitrogens is 3. The quantitative estimate of drug-likeness (QED) is 0.694. The van der Waals surface area contributed by atoms with Crippen LogP contribution in [-0.2, 0) is 12.7 Å². The first-order chi connectivity index (χ1) is 12.2. The Morgan fingerprint density at radius 2 is 1.88 bits per heavy atom. The number of fused-ring (bicyclic) bond motifs is 1. The number of carbonyl (C=O) groups is 1. The summed E-state index contributed by atoms with van der Waals surface area (Å²) in [5, 5.41) is 11.9. The van der Waals surface area contributed by atoms with Gasteiger partial charge in [-0.3, -0.25) is 4.40 Å². The lowest BCUT2D eigenvalue weighted by Gasteiger charge is -2.09. The summed E-state index contributed by atoms with van der Waals surface area (Å²) in [6.07, 6.45) is -3.73. The van der Waals surface area contributed by atoms with Gasteiger partial charge in [-0.1, -0.05) is 0 Å². The summed E-state index contributed by atoms with van der Waals surface area (Å²) in [6, 6.07) is 3.76. The number of alkyl halides is 3. The van der Waals surface area contributed by atoms with Gasteiger partial charge in [0.2, 0.25) is 0 Å². The number of hydrogen-bond donors (Lipinski definition) is 2. The average molecular weight is 371 g/mol. The van der Waals surface area contributed by atoms with E-state index in [9.17, 15) is 26.7 Å². The minimum atomic E-state index is -4.54. The van der Waals surface area contributed by atoms with Crippen molar-refractivity contribution < 1.29 is 26.7 Å². The minimum Gasteiger partial charge on any atom is -0.331 e. The predicted octanol–water partition coefficient (Wildman–Crippen LogP) is 3.35. The molecule has 0 aliphatic rings. The Morgan fingerprint density at radius 1 is 1.12 bits per heavy atom. The van der Waals surface area contributed by atoms with Gasteiger partial charge in [0.05, 0.1) is 17.8 Å². The van der Waals surface area contributed by atoms with Crippen LogP contribution in [0.1, 0.15) is 11.4 Å². The Kier molecular flexibility index (Phi) is 4.45. The highest BCUT2D eigenvalue weighted by Gasteiger charge is 2.31. The standard InChI is InChI=1S/C15H10F5N5O/c16-9-2-3-11(10(17)5-9)22-14(26)21-6-13-24-23-12-4-1-8(7-25(12)13)15(18,19)20/h1-5,7H,6H2,(H2,21,22,26). The fraction of sp³-hybridized carbons (Fsp3) is 0.133. The van der Waals surface area contributed by atoms with Gasteiger partial charge in [0, 0.05) is 12.3 Å². The number of urea groups is 1. The van der Waals surface area contributed by atoms with Gasteiger partial charge < -0.3 is 10.6 Å². The zero-order chi connectivity index (χ0) is 18.9. The fourth-order valence-electron chi connectivity index (χ4n) is 2.14. The van der Waals surface area contributed by atoms with Crippen molar-refractivity contribution in [2.75, 3.05) is 5.32 Å². The van der Waals surface area contributed by atoms with Crippen molar-refractivity contribution in [3.8, 4) is 0 Å². The third-order valence-corrected chi connectivity index (χ3v) is 3.39. The number of amides is 2. The largest absolute Gasteiger partial charge is 0.417 e. The number of nitrogens with zero attached hydrogens (tertiary/aromatic N) is 3. The highest BCUT2D eigenvalue weighted by atomic mass is 19.4. The van der Waals surface area contributed by atoms with Gasteiger partial charge in [-0.15, -0.1) is 10.2 Å². The number of anilines is 1. The Bertz CT molecular complexity index is 969. The summed E-state index contributed by atoms with van der Waals surface area (Å²) in [6.45, 7) is -0.267. The normalized spacial score (nSPS) is 11.6. The summed E-state index contributed by atoms with van der Waals surface area (Å²) in [4.78, 5) is 11.8. The molecular formula is C15H10F5N5O. The van der Waals surface area contributed by atoms with Crippen molar-refractivity contribution >= 4 is 17.4 Å². The third kappa shape index (κ3) is 3.71. The average Bonchev–Trinajstić information content (AvgIpc) is 2.97. The lowest BCUT2D eigenvalue weighted by molar-refractivity contribution is -0.137. The monoisotopic (exact) mass is 371 g/mol. The molecule has 0 bridgehead atoms. The van der Waals surface area contributed by atoms with Crippen LogP contribution in [0.4, 0.5) is 32.4 Å². The first-order valence-electron chi connectivity index (χ1n) is 7.15. The van der Waals surface area contributed by atoms with Crippen LogP contribution in [0.3, 0.4) is 0 Å². The van der Waals surface area contributed by atoms with E-state index >= 15 is 0 Å². The Balaban J connectivity index is 1.72. The molecule has 3 rings (SSSR count). The molecule has 26 heavy (non-hydrogen) atoms. The lowest BCUT2D eigenvalue weighted by Crippen LogP contribution is -2.29. The first-order valence-corrected chi connectivity index (χ1v) is 7.15. The molecule has 6 nitrogen and oxygen atoms in total. The molecule has 3 aromatic rings. The van der Waals surface area contributed by atoms with Crippen LogP contribution in [0, 0.1) is 11.6 Å². The Labute approximate surface area is 142 Å². The Hall–Kier alpha value is -3.24. The van der Waals surface area contributed by atoms with Crippen molar-refractivity contribution in [2.45, 2.75) is 12.7 Å². The van der Waals surface area contributed by atoms with E-state index in [-0.39, 0.29) is 23.7 Å². The van der Waals surface area contributed by atoms with Gasteiger partial charge in [0.1, 0.15) is 11.6 Å². The van der Waals surface area contributed by atoms with E-state index in [4.69, 9.17) is 0 Å². The summed E-state index contributed by atoms with van der Waals surface area (Å²) in [5.41, 5.74) is -0.988. The molecule has 2 heterocycles. The third-order valence-electron chi connectivity index (χ3n) is 3.39. The van der Waals surface area contributed by atoms with E-state index in [0.29, 0.717) is 6.07 Å². The van der Waals surface area contributed by atoms with Crippen LogP contribution in [-0.4, -0.2) is 20.6 Å². The molecule has 1 aromatic carbocycles. The van der Waals surface area contributed by atoms with E-state index in [1.807, 2.05) is 0 Å². The number of nitrogens with one attached hydrogen (secondary N) is 2. The maximum absolute atomic E-state index is 13.5. The first kappa shape index (κ1) is 17.6. The van der Waals surface area contributed by atoms with Gasteiger partial charge in [-0.2, -0.15) is 13.2 Å². The van der Waals surface area contributed by atoms with Crippen LogP contribution >= 0.6 is 0 Å². The summed E-state index contributed by atoms with van der Waals surface area (Å²) >= 11 is 0. The lowest BCUT2D eigenvalue weighted by atomic mass is 10.3. The van der Waals surface area contributed by atoms with Crippen LogP contribution in [0.15, 0.2) is 36.5 Å². The number of halogens is 5. The van der Waals surface area contributed by atoms with Crippen molar-refractivity contribution in [2.24, 2.45) is 0 Å². The predicted molar refractivity (Wildman–Crippen MR) is 80.2 cm³/mol. The van der Waals surface area contributed by atoms with Crippen LogP contribution < -0.4 is 10.6 Å². The SMILES string of the molecule is O=C(NCc1nnc2ccc(C(F)(F)F)cn12)Nc1ccc(F)cc1F. The molecule has 0 saturated carbocycles. The van der Waals surface area contributed by atoms with E-state index in [1.54, 1.807) is 0 Å². The molecule has 136 valence electrons. The summed E-state index contributed by atoms with van der Waals surface area (Å²) in [5.74, 6) is -1.73. The molecule has 0 atom stereocenters. The van der Waals surface area contributed by atoms with Crippen LogP contribution in [0.5, 0.6) is 0 Å². The van der Waals surface area contributed by atoms with E-state index in [2.05, 4.69) is 20.8 Å². The highest BCUT2D eigenvalue weighted by Crippen LogP contribution is 2.29. The van der Waals surface area contributed by atoms with Crippen LogP contribution in [0.25, 0.3) is 5.65 Å². The van der Waals surface area contributed by atoms with Gasteiger partial charge in [-0.05, 0) is 24.3 Å². The number of benzene rings is 1. The number of rotatable bonds is 3. The van der Waals surface area contributed by atoms with Crippen molar-refractivity contribution in [1.82, 2.24) is 19.9 Å². The Morgan fingerprint density at radius 3 is 2.58 bits per heavy atom. The number of carbonyl (C=O) groups excluding carboxylic acids is 1. The molecule has 0 saturated heterocycles. The summed E-state index contributed by atoms with van der Waals surface area (Å²) < 4.78 is 65.7. The van der Waals surface area contributed by atoms with Gasteiger partial charge >= 0.3 is 12.2 Å². The fourth-order valence-corrected chi connectivity index (χ4v) is 2.14. The molecule has 0 fully saturated rings. The number of hydrogen-bond acceptors (Lipinski definition) is 3. The van der Waals surface area contributed by atoms with Gasteiger partial charge in [-0.25, -0.2) is 13.6 Å². The van der Waals surface area contributed by atoms with Gasteiger partial charge in [0.25, 0.3) is 0 Å². The smallest absolute Gasteiger partial charge is 0.331 e. The molecule has 2 aromatic heterocycles. The van der Waals surface area contributed by atoms with Crippen molar-refractivity contribution in [3.05, 3.63) is 59.6 Å². The molecule has 2 amide bonds. The molecule has 0 aliphatic heterocycles. The second-order valence-corrected chi connectivity index (χ2v) is 5.19. The maximum Gasteiger partial charge on any atom is 0.417 e. The molecule has 2 N–H and O–H groups in total. The minimum absolute atomic E-state index is 0.0424. The molecule has 11 heteroatoms. The number of pyridine rings is 1. The van der Waals surface area contributed by atoms with E-state index < -0.39 is 29.4 Å². The van der Waals surface area contributed by atoms with Crippen molar-refractivity contribution in [1.29, 1.82) is 0 Å². The second kappa shape index (κ2) is 6.58. The molecule has 0 radical (unpaired) electrons. The zero-order valence-corrected chi connectivity index (χ0v) is 12.8. The van der Waals surface area contributed by atoms with E-state index in [1.165, 1.54) is 0 Å². The summed E-state index contributed by atoms with van der Waals surface area (Å²) in [7, 11) is 0. The van der Waals surface area contributed by atoms with E-state index in [0.717, 1.165) is 34.9 Å². The topological polar surface area (TPSA) is 71.3 Å². The second-order valence-electron chi connectivity index (χ2n) is 5.19. The maximum atomic E-state index is 13.5. The van der Waals surface area contributed by atoms with Crippen molar-refractivity contribution in [3.63, 3.8) is 0 Å². The zero-order valence-electron chi connectivity index (χ0n) is 12.8. The molecular weight excluding hydrogens is 361 g/mol. The molecule has 0 spiro atoms. The van der Waals surface area contributed by atoms with Crippen LogP contribution in [0.2, 0.25) is 0 Å². The highest BCUT2D eigenvalue weighted by molar-refractivity contribution is 5.89. The molecule has 0 unspecified atom stereocenters.